The van der Waals surface area contributed by atoms with Crippen LogP contribution in [-0.2, 0) is 10.0 Å². The molecule has 12 heteroatoms. The van der Waals surface area contributed by atoms with E-state index in [1.165, 1.54) is 28.2 Å². The first-order valence-electron chi connectivity index (χ1n) is 7.91. The number of rotatable bonds is 5. The Morgan fingerprint density at radius 3 is 2.75 bits per heavy atom. The Labute approximate surface area is 163 Å². The van der Waals surface area contributed by atoms with Gasteiger partial charge in [0.1, 0.15) is 5.75 Å². The summed E-state index contributed by atoms with van der Waals surface area (Å²) < 4.78 is 30.5. The highest BCUT2D eigenvalue weighted by atomic mass is 32.2. The van der Waals surface area contributed by atoms with Crippen LogP contribution in [0.25, 0.3) is 15.3 Å². The zero-order chi connectivity index (χ0) is 19.9. The first-order valence-corrected chi connectivity index (χ1v) is 10.3. The van der Waals surface area contributed by atoms with E-state index in [9.17, 15) is 8.42 Å². The molecule has 0 saturated carbocycles. The average molecular weight is 417 g/mol. The molecule has 0 fully saturated rings. The number of hydrogen-bond acceptors (Lipinski definition) is 9. The van der Waals surface area contributed by atoms with Gasteiger partial charge in [0.25, 0.3) is 0 Å². The molecule has 0 amide bonds. The Bertz CT molecular complexity index is 1280. The summed E-state index contributed by atoms with van der Waals surface area (Å²) in [5.74, 6) is 1.03. The second kappa shape index (κ2) is 6.74. The maximum atomic E-state index is 11.5. The molecule has 5 N–H and O–H groups in total. The average Bonchev–Trinajstić information content (AvgIpc) is 3.23. The van der Waals surface area contributed by atoms with Crippen molar-refractivity contribution in [2.75, 3.05) is 18.2 Å². The highest BCUT2D eigenvalue weighted by molar-refractivity contribution is 7.89. The van der Waals surface area contributed by atoms with Crippen molar-refractivity contribution in [1.29, 1.82) is 0 Å². The molecule has 0 aliphatic rings. The highest BCUT2D eigenvalue weighted by Gasteiger charge is 2.15. The summed E-state index contributed by atoms with van der Waals surface area (Å²) >= 11 is 1.40. The van der Waals surface area contributed by atoms with Crippen molar-refractivity contribution in [2.24, 2.45) is 5.14 Å². The van der Waals surface area contributed by atoms with Gasteiger partial charge in [-0.05, 0) is 30.3 Å². The molecule has 2 aromatic heterocycles. The number of nitrogens with zero attached hydrogens (tertiary/aromatic N) is 4. The quantitative estimate of drug-likeness (QED) is 0.445. The molecule has 0 atom stereocenters. The monoisotopic (exact) mass is 417 g/mol. The van der Waals surface area contributed by atoms with Crippen LogP contribution in [0.3, 0.4) is 0 Å². The highest BCUT2D eigenvalue weighted by Crippen LogP contribution is 2.29. The van der Waals surface area contributed by atoms with E-state index < -0.39 is 10.0 Å². The molecule has 2 aromatic carbocycles. The van der Waals surface area contributed by atoms with E-state index in [4.69, 9.17) is 15.6 Å². The second-order valence-electron chi connectivity index (χ2n) is 5.73. The predicted octanol–water partition coefficient (Wildman–Crippen LogP) is 1.86. The first kappa shape index (κ1) is 18.2. The van der Waals surface area contributed by atoms with Gasteiger partial charge in [-0.1, -0.05) is 17.4 Å². The standard InChI is InChI=1S/C16H15N7O3S2/c1-26-10-5-6-13-12(8-10)20-16(27-13)23-14(17)21-15(22-23)19-9-3-2-4-11(7-9)28(18,24)25/h2-8H,1H3,(H2,18,24,25)(H3,17,19,21,22). The van der Waals surface area contributed by atoms with Gasteiger partial charge < -0.3 is 15.8 Å². The smallest absolute Gasteiger partial charge is 0.248 e. The van der Waals surface area contributed by atoms with E-state index in [0.29, 0.717) is 16.6 Å². The molecular formula is C16H15N7O3S2. The van der Waals surface area contributed by atoms with Crippen LogP contribution in [0.2, 0.25) is 0 Å². The van der Waals surface area contributed by atoms with Crippen LogP contribution in [0.5, 0.6) is 5.75 Å². The molecule has 4 rings (SSSR count). The summed E-state index contributed by atoms with van der Waals surface area (Å²) in [5.41, 5.74) is 7.19. The normalized spacial score (nSPS) is 11.6. The largest absolute Gasteiger partial charge is 0.497 e. The van der Waals surface area contributed by atoms with Crippen molar-refractivity contribution in [3.8, 4) is 10.9 Å². The van der Waals surface area contributed by atoms with Crippen LogP contribution in [0.4, 0.5) is 17.6 Å². The number of anilines is 3. The third-order valence-electron chi connectivity index (χ3n) is 3.82. The molecule has 0 radical (unpaired) electrons. The lowest BCUT2D eigenvalue weighted by molar-refractivity contribution is 0.415. The van der Waals surface area contributed by atoms with Crippen molar-refractivity contribution in [2.45, 2.75) is 4.90 Å². The zero-order valence-corrected chi connectivity index (χ0v) is 16.2. The van der Waals surface area contributed by atoms with Crippen LogP contribution in [-0.4, -0.2) is 35.3 Å². The van der Waals surface area contributed by atoms with Crippen LogP contribution < -0.4 is 20.9 Å². The number of primary sulfonamides is 1. The molecule has 0 aliphatic carbocycles. The summed E-state index contributed by atoms with van der Waals surface area (Å²) in [6.07, 6.45) is 0. The van der Waals surface area contributed by atoms with Crippen LogP contribution in [0, 0.1) is 0 Å². The first-order chi connectivity index (χ1) is 13.3. The van der Waals surface area contributed by atoms with E-state index in [1.807, 2.05) is 18.2 Å². The second-order valence-corrected chi connectivity index (χ2v) is 8.30. The molecule has 0 aliphatic heterocycles. The van der Waals surface area contributed by atoms with E-state index >= 15 is 0 Å². The number of benzene rings is 2. The Hall–Kier alpha value is -3.22. The maximum Gasteiger partial charge on any atom is 0.248 e. The lowest BCUT2D eigenvalue weighted by Crippen LogP contribution is -2.12. The van der Waals surface area contributed by atoms with Crippen molar-refractivity contribution in [1.82, 2.24) is 19.7 Å². The van der Waals surface area contributed by atoms with Gasteiger partial charge in [0.2, 0.25) is 27.1 Å². The number of nitrogens with one attached hydrogen (secondary N) is 1. The van der Waals surface area contributed by atoms with Crippen molar-refractivity contribution in [3.05, 3.63) is 42.5 Å². The fourth-order valence-electron chi connectivity index (χ4n) is 2.51. The fraction of sp³-hybridized carbons (Fsp3) is 0.0625. The van der Waals surface area contributed by atoms with Gasteiger partial charge in [0, 0.05) is 11.8 Å². The number of methoxy groups -OCH3 is 1. The van der Waals surface area contributed by atoms with Crippen LogP contribution in [0.15, 0.2) is 47.4 Å². The molecule has 28 heavy (non-hydrogen) atoms. The third kappa shape index (κ3) is 3.47. The zero-order valence-electron chi connectivity index (χ0n) is 14.5. The topological polar surface area (TPSA) is 151 Å². The lowest BCUT2D eigenvalue weighted by atomic mass is 10.3. The summed E-state index contributed by atoms with van der Waals surface area (Å²) in [6.45, 7) is 0. The minimum Gasteiger partial charge on any atom is -0.497 e. The molecule has 4 aromatic rings. The summed E-state index contributed by atoms with van der Waals surface area (Å²) in [5, 5.41) is 12.9. The van der Waals surface area contributed by atoms with Crippen molar-refractivity contribution >= 4 is 49.2 Å². The summed E-state index contributed by atoms with van der Waals surface area (Å²) in [4.78, 5) is 8.65. The Kier molecular flexibility index (Phi) is 4.37. The van der Waals surface area contributed by atoms with Gasteiger partial charge in [0.05, 0.1) is 22.2 Å². The van der Waals surface area contributed by atoms with Crippen molar-refractivity contribution < 1.29 is 13.2 Å². The van der Waals surface area contributed by atoms with E-state index in [0.717, 1.165) is 10.2 Å². The van der Waals surface area contributed by atoms with Crippen LogP contribution >= 0.6 is 11.3 Å². The number of fused-ring (bicyclic) bond motifs is 1. The molecule has 10 nitrogen and oxygen atoms in total. The van der Waals surface area contributed by atoms with Crippen molar-refractivity contribution in [3.63, 3.8) is 0 Å². The maximum absolute atomic E-state index is 11.5. The number of ether oxygens (including phenoxy) is 1. The van der Waals surface area contributed by atoms with Crippen LogP contribution in [0.1, 0.15) is 0 Å². The van der Waals surface area contributed by atoms with Gasteiger partial charge in [-0.15, -0.1) is 5.10 Å². The van der Waals surface area contributed by atoms with E-state index in [2.05, 4.69) is 20.4 Å². The molecule has 0 unspecified atom stereocenters. The minimum atomic E-state index is -3.81. The molecule has 0 spiro atoms. The number of aromatic nitrogens is 4. The number of nitrogen functional groups attached to an aromatic ring is 1. The SMILES string of the molecule is COc1ccc2sc(-n3nc(Nc4cccc(S(N)(=O)=O)c4)nc3N)nc2c1. The molecule has 2 heterocycles. The van der Waals surface area contributed by atoms with E-state index in [-0.39, 0.29) is 16.8 Å². The molecule has 144 valence electrons. The Morgan fingerprint density at radius 2 is 2.00 bits per heavy atom. The summed E-state index contributed by atoms with van der Waals surface area (Å²) in [6, 6.07) is 11.6. The number of nitrogens with two attached hydrogens (primary N) is 2. The predicted molar refractivity (Wildman–Crippen MR) is 107 cm³/mol. The van der Waals surface area contributed by atoms with Gasteiger partial charge >= 0.3 is 0 Å². The third-order valence-corrected chi connectivity index (χ3v) is 5.74. The van der Waals surface area contributed by atoms with E-state index in [1.54, 1.807) is 19.2 Å². The van der Waals surface area contributed by atoms with Gasteiger partial charge in [-0.25, -0.2) is 18.5 Å². The fourth-order valence-corrected chi connectivity index (χ4v) is 3.98. The van der Waals surface area contributed by atoms with Gasteiger partial charge in [-0.2, -0.15) is 9.67 Å². The number of thiazole rings is 1. The van der Waals surface area contributed by atoms with Gasteiger partial charge in [0.15, 0.2) is 0 Å². The number of hydrogen-bond donors (Lipinski definition) is 3. The molecular weight excluding hydrogens is 402 g/mol. The molecule has 0 bridgehead atoms. The van der Waals surface area contributed by atoms with Gasteiger partial charge in [-0.3, -0.25) is 0 Å². The molecule has 0 saturated heterocycles. The Morgan fingerprint density at radius 1 is 1.18 bits per heavy atom. The summed E-state index contributed by atoms with van der Waals surface area (Å²) in [7, 11) is -2.22. The minimum absolute atomic E-state index is 0.0231. The lowest BCUT2D eigenvalue weighted by Gasteiger charge is -2.03. The number of sulfonamides is 1. The Balaban J connectivity index is 1.66.